The van der Waals surface area contributed by atoms with Crippen LogP contribution >= 0.6 is 11.3 Å². The van der Waals surface area contributed by atoms with Gasteiger partial charge < -0.3 is 4.74 Å². The van der Waals surface area contributed by atoms with Crippen LogP contribution in [0.25, 0.3) is 11.3 Å². The molecular formula is C18H18N4O2S. The molecule has 3 rings (SSSR count). The number of thiophene rings is 1. The van der Waals surface area contributed by atoms with E-state index in [2.05, 4.69) is 20.7 Å². The summed E-state index contributed by atoms with van der Waals surface area (Å²) in [4.78, 5) is 13.0. The summed E-state index contributed by atoms with van der Waals surface area (Å²) in [5.74, 6) is 0.460. The fraction of sp³-hybridized carbons (Fsp3) is 0.167. The molecule has 0 spiro atoms. The number of amides is 1. The van der Waals surface area contributed by atoms with Crippen LogP contribution in [-0.2, 0) is 0 Å². The van der Waals surface area contributed by atoms with E-state index in [9.17, 15) is 4.79 Å². The predicted octanol–water partition coefficient (Wildman–Crippen LogP) is 3.69. The number of hydrazone groups is 1. The van der Waals surface area contributed by atoms with Crippen LogP contribution in [0.15, 0.2) is 52.9 Å². The van der Waals surface area contributed by atoms with Crippen molar-refractivity contribution in [2.24, 2.45) is 5.10 Å². The van der Waals surface area contributed by atoms with E-state index in [-0.39, 0.29) is 12.0 Å². The molecule has 0 aliphatic carbocycles. The third-order valence-electron chi connectivity index (χ3n) is 3.25. The average Bonchev–Trinajstić information content (AvgIpc) is 3.26. The summed E-state index contributed by atoms with van der Waals surface area (Å²) in [6.07, 6.45) is 1.73. The molecule has 2 aromatic heterocycles. The van der Waals surface area contributed by atoms with Crippen molar-refractivity contribution in [1.29, 1.82) is 0 Å². The van der Waals surface area contributed by atoms with E-state index in [1.54, 1.807) is 23.6 Å². The van der Waals surface area contributed by atoms with Crippen LogP contribution in [0.4, 0.5) is 0 Å². The standard InChI is InChI=1S/C18H18N4O2S/c1-12(2)24-14-7-5-13(6-8-14)16-10-17(21-20-16)18(23)22-19-11-15-4-3-9-25-15/h3-12H,1-2H3,(H,20,21)(H,22,23). The van der Waals surface area contributed by atoms with E-state index in [0.29, 0.717) is 11.4 Å². The number of benzene rings is 1. The highest BCUT2D eigenvalue weighted by molar-refractivity contribution is 7.11. The minimum Gasteiger partial charge on any atom is -0.491 e. The molecule has 0 atom stereocenters. The van der Waals surface area contributed by atoms with Gasteiger partial charge in [0, 0.05) is 10.4 Å². The van der Waals surface area contributed by atoms with E-state index in [4.69, 9.17) is 4.74 Å². The zero-order valence-electron chi connectivity index (χ0n) is 13.9. The second kappa shape index (κ2) is 7.76. The molecular weight excluding hydrogens is 336 g/mol. The Labute approximate surface area is 149 Å². The van der Waals surface area contributed by atoms with E-state index in [0.717, 1.165) is 16.2 Å². The minimum atomic E-state index is -0.341. The fourth-order valence-corrected chi connectivity index (χ4v) is 2.73. The SMILES string of the molecule is CC(C)Oc1ccc(-c2cc(C(=O)NN=Cc3cccs3)[nH]n2)cc1. The normalized spacial score (nSPS) is 11.2. The molecule has 0 unspecified atom stereocenters. The zero-order chi connectivity index (χ0) is 17.6. The van der Waals surface area contributed by atoms with Crippen molar-refractivity contribution in [3.8, 4) is 17.0 Å². The van der Waals surface area contributed by atoms with E-state index < -0.39 is 0 Å². The van der Waals surface area contributed by atoms with Crippen molar-refractivity contribution in [3.63, 3.8) is 0 Å². The van der Waals surface area contributed by atoms with E-state index in [1.165, 1.54) is 0 Å². The first-order chi connectivity index (χ1) is 12.1. The molecule has 2 N–H and O–H groups in total. The van der Waals surface area contributed by atoms with Gasteiger partial charge in [-0.2, -0.15) is 10.2 Å². The molecule has 3 aromatic rings. The van der Waals surface area contributed by atoms with Crippen molar-refractivity contribution in [2.75, 3.05) is 0 Å². The molecule has 0 aliphatic rings. The third kappa shape index (κ3) is 4.54. The molecule has 0 saturated heterocycles. The van der Waals surface area contributed by atoms with Crippen molar-refractivity contribution in [2.45, 2.75) is 20.0 Å². The van der Waals surface area contributed by atoms with Gasteiger partial charge in [0.25, 0.3) is 5.91 Å². The second-order valence-corrected chi connectivity index (χ2v) is 6.55. The van der Waals surface area contributed by atoms with Gasteiger partial charge in [0.2, 0.25) is 0 Å². The lowest BCUT2D eigenvalue weighted by Gasteiger charge is -2.09. The van der Waals surface area contributed by atoms with Crippen LogP contribution in [-0.4, -0.2) is 28.4 Å². The van der Waals surface area contributed by atoms with E-state index >= 15 is 0 Å². The quantitative estimate of drug-likeness (QED) is 0.523. The number of carbonyl (C=O) groups excluding carboxylic acids is 1. The number of hydrogen-bond acceptors (Lipinski definition) is 5. The number of nitrogens with zero attached hydrogens (tertiary/aromatic N) is 2. The first kappa shape index (κ1) is 16.9. The van der Waals surface area contributed by atoms with Crippen LogP contribution in [0, 0.1) is 0 Å². The number of aromatic amines is 1. The smallest absolute Gasteiger partial charge is 0.289 e. The molecule has 1 aromatic carbocycles. The Hall–Kier alpha value is -2.93. The molecule has 7 heteroatoms. The van der Waals surface area contributed by atoms with Crippen molar-refractivity contribution in [1.82, 2.24) is 15.6 Å². The van der Waals surface area contributed by atoms with Gasteiger partial charge in [0.05, 0.1) is 18.0 Å². The number of hydrogen-bond donors (Lipinski definition) is 2. The van der Waals surface area contributed by atoms with Gasteiger partial charge in [-0.15, -0.1) is 11.3 Å². The molecule has 128 valence electrons. The third-order valence-corrected chi connectivity index (χ3v) is 4.05. The lowest BCUT2D eigenvalue weighted by Crippen LogP contribution is -2.17. The Morgan fingerprint density at radius 3 is 2.80 bits per heavy atom. The Bertz CT molecular complexity index is 852. The van der Waals surface area contributed by atoms with Crippen LogP contribution in [0.3, 0.4) is 0 Å². The summed E-state index contributed by atoms with van der Waals surface area (Å²) in [6.45, 7) is 3.96. The van der Waals surface area contributed by atoms with Crippen LogP contribution in [0.1, 0.15) is 29.2 Å². The predicted molar refractivity (Wildman–Crippen MR) is 99.2 cm³/mol. The molecule has 2 heterocycles. The molecule has 0 aliphatic heterocycles. The Morgan fingerprint density at radius 2 is 2.12 bits per heavy atom. The van der Waals surface area contributed by atoms with Gasteiger partial charge in [-0.25, -0.2) is 5.43 Å². The van der Waals surface area contributed by atoms with Crippen LogP contribution in [0.5, 0.6) is 5.75 Å². The maximum Gasteiger partial charge on any atom is 0.289 e. The first-order valence-electron chi connectivity index (χ1n) is 7.81. The number of H-pyrrole nitrogens is 1. The van der Waals surface area contributed by atoms with Crippen LogP contribution < -0.4 is 10.2 Å². The van der Waals surface area contributed by atoms with Gasteiger partial charge in [-0.05, 0) is 55.6 Å². The molecule has 0 saturated carbocycles. The highest BCUT2D eigenvalue weighted by Crippen LogP contribution is 2.22. The number of ether oxygens (including phenoxy) is 1. The Kier molecular flexibility index (Phi) is 5.25. The Balaban J connectivity index is 1.64. The van der Waals surface area contributed by atoms with Gasteiger partial charge in [-0.1, -0.05) is 6.07 Å². The molecule has 25 heavy (non-hydrogen) atoms. The minimum absolute atomic E-state index is 0.126. The number of rotatable bonds is 6. The molecule has 1 amide bonds. The molecule has 0 radical (unpaired) electrons. The van der Waals surface area contributed by atoms with Gasteiger partial charge in [0.15, 0.2) is 0 Å². The summed E-state index contributed by atoms with van der Waals surface area (Å²) in [5, 5.41) is 12.8. The number of aromatic nitrogens is 2. The monoisotopic (exact) mass is 354 g/mol. The van der Waals surface area contributed by atoms with Gasteiger partial charge >= 0.3 is 0 Å². The molecule has 6 nitrogen and oxygen atoms in total. The van der Waals surface area contributed by atoms with Crippen molar-refractivity contribution in [3.05, 3.63) is 58.4 Å². The highest BCUT2D eigenvalue weighted by atomic mass is 32.1. The lowest BCUT2D eigenvalue weighted by molar-refractivity contribution is 0.0950. The van der Waals surface area contributed by atoms with Gasteiger partial charge in [0.1, 0.15) is 11.4 Å². The number of carbonyl (C=O) groups is 1. The average molecular weight is 354 g/mol. The maximum atomic E-state index is 12.1. The molecule has 0 fully saturated rings. The van der Waals surface area contributed by atoms with Crippen molar-refractivity contribution < 1.29 is 9.53 Å². The van der Waals surface area contributed by atoms with Crippen LogP contribution in [0.2, 0.25) is 0 Å². The second-order valence-electron chi connectivity index (χ2n) is 5.57. The lowest BCUT2D eigenvalue weighted by atomic mass is 10.1. The topological polar surface area (TPSA) is 79.4 Å². The molecule has 0 bridgehead atoms. The van der Waals surface area contributed by atoms with Gasteiger partial charge in [-0.3, -0.25) is 9.89 Å². The van der Waals surface area contributed by atoms with E-state index in [1.807, 2.05) is 55.6 Å². The first-order valence-corrected chi connectivity index (χ1v) is 8.69. The summed E-state index contributed by atoms with van der Waals surface area (Å²) < 4.78 is 5.62. The summed E-state index contributed by atoms with van der Waals surface area (Å²) in [7, 11) is 0. The fourth-order valence-electron chi connectivity index (χ4n) is 2.14. The largest absolute Gasteiger partial charge is 0.491 e. The van der Waals surface area contributed by atoms with Crippen molar-refractivity contribution >= 4 is 23.5 Å². The Morgan fingerprint density at radius 1 is 1.32 bits per heavy atom. The summed E-state index contributed by atoms with van der Waals surface area (Å²) in [6, 6.07) is 13.1. The number of nitrogens with one attached hydrogen (secondary N) is 2. The zero-order valence-corrected chi connectivity index (χ0v) is 14.7. The maximum absolute atomic E-state index is 12.1. The summed E-state index contributed by atoms with van der Waals surface area (Å²) >= 11 is 1.55. The highest BCUT2D eigenvalue weighted by Gasteiger charge is 2.10. The summed E-state index contributed by atoms with van der Waals surface area (Å²) in [5.41, 5.74) is 4.41.